The number of anilines is 2. The van der Waals surface area contributed by atoms with Crippen molar-refractivity contribution in [3.8, 4) is 5.75 Å². The summed E-state index contributed by atoms with van der Waals surface area (Å²) >= 11 is 12.6. The first kappa shape index (κ1) is 31.7. The van der Waals surface area contributed by atoms with Gasteiger partial charge in [0, 0.05) is 44.6 Å². The van der Waals surface area contributed by atoms with Crippen LogP contribution in [0.15, 0.2) is 36.4 Å². The molecule has 0 N–H and O–H groups in total. The second-order valence-corrected chi connectivity index (χ2v) is 13.6. The van der Waals surface area contributed by atoms with E-state index < -0.39 is 0 Å². The van der Waals surface area contributed by atoms with Crippen LogP contribution in [0.5, 0.6) is 5.75 Å². The summed E-state index contributed by atoms with van der Waals surface area (Å²) in [7, 11) is 0. The Morgan fingerprint density at radius 2 is 1.71 bits per heavy atom. The van der Waals surface area contributed by atoms with Gasteiger partial charge in [0.2, 0.25) is 11.8 Å². The van der Waals surface area contributed by atoms with Gasteiger partial charge < -0.3 is 9.64 Å². The summed E-state index contributed by atoms with van der Waals surface area (Å²) in [5.41, 5.74) is 2.85. The SMILES string of the molecule is CC(CC(C)(C)C)C(C)C(=O)N1C(=O)CCc2ccc(OCCCCN3CCN(c4cccc(Cl)c4Cl)CC3)cc21. The lowest BCUT2D eigenvalue weighted by molar-refractivity contribution is -0.129. The standard InChI is InChI=1S/C33H45Cl2N3O3/c1-23(22-33(3,4)5)24(2)32(40)38-29-21-26(13-11-25(29)12-14-30(38)39)41-20-7-6-15-36-16-18-37(19-17-36)28-10-8-9-27(34)31(28)35/h8-11,13,21,23-24H,6-7,12,14-20,22H2,1-5H3. The van der Waals surface area contributed by atoms with E-state index in [1.807, 2.05) is 43.3 Å². The maximum Gasteiger partial charge on any atom is 0.236 e. The monoisotopic (exact) mass is 601 g/mol. The van der Waals surface area contributed by atoms with Gasteiger partial charge in [0.15, 0.2) is 0 Å². The fraction of sp³-hybridized carbons (Fsp3) is 0.576. The minimum atomic E-state index is -0.238. The van der Waals surface area contributed by atoms with Crippen LogP contribution in [0.1, 0.15) is 65.9 Å². The van der Waals surface area contributed by atoms with Gasteiger partial charge in [0.1, 0.15) is 5.75 Å². The highest BCUT2D eigenvalue weighted by molar-refractivity contribution is 6.43. The number of carbonyl (C=O) groups is 2. The number of ether oxygens (including phenoxy) is 1. The molecule has 6 nitrogen and oxygen atoms in total. The first-order valence-electron chi connectivity index (χ1n) is 15.0. The molecule has 4 rings (SSSR count). The Morgan fingerprint density at radius 3 is 2.41 bits per heavy atom. The van der Waals surface area contributed by atoms with Crippen molar-refractivity contribution >= 4 is 46.4 Å². The van der Waals surface area contributed by atoms with E-state index in [0.29, 0.717) is 40.9 Å². The summed E-state index contributed by atoms with van der Waals surface area (Å²) in [5, 5.41) is 1.22. The summed E-state index contributed by atoms with van der Waals surface area (Å²) in [6.07, 6.45) is 3.90. The molecule has 2 unspecified atom stereocenters. The number of amides is 2. The molecule has 2 amide bonds. The molecule has 2 heterocycles. The average molecular weight is 603 g/mol. The van der Waals surface area contributed by atoms with Gasteiger partial charge in [-0.25, -0.2) is 4.90 Å². The number of hydrogen-bond donors (Lipinski definition) is 0. The number of rotatable bonds is 10. The van der Waals surface area contributed by atoms with E-state index in [1.165, 1.54) is 4.90 Å². The largest absolute Gasteiger partial charge is 0.494 e. The molecule has 0 aliphatic carbocycles. The number of hydrogen-bond acceptors (Lipinski definition) is 5. The molecule has 0 radical (unpaired) electrons. The Morgan fingerprint density at radius 1 is 0.976 bits per heavy atom. The van der Waals surface area contributed by atoms with E-state index in [0.717, 1.165) is 63.2 Å². The van der Waals surface area contributed by atoms with Gasteiger partial charge in [-0.15, -0.1) is 0 Å². The maximum absolute atomic E-state index is 13.5. The molecule has 0 bridgehead atoms. The van der Waals surface area contributed by atoms with Gasteiger partial charge >= 0.3 is 0 Å². The minimum Gasteiger partial charge on any atom is -0.494 e. The summed E-state index contributed by atoms with van der Waals surface area (Å²) in [6.45, 7) is 16.0. The van der Waals surface area contributed by atoms with Crippen LogP contribution in [0.2, 0.25) is 10.0 Å². The van der Waals surface area contributed by atoms with Crippen LogP contribution in [0, 0.1) is 17.3 Å². The van der Waals surface area contributed by atoms with Crippen molar-refractivity contribution in [2.75, 3.05) is 49.1 Å². The number of carbonyl (C=O) groups excluding carboxylic acids is 2. The third-order valence-corrected chi connectivity index (χ3v) is 9.14. The first-order valence-corrected chi connectivity index (χ1v) is 15.7. The molecular formula is C33H45Cl2N3O3. The molecule has 0 saturated carbocycles. The number of nitrogens with zero attached hydrogens (tertiary/aromatic N) is 3. The van der Waals surface area contributed by atoms with Crippen molar-refractivity contribution < 1.29 is 14.3 Å². The molecule has 2 aromatic carbocycles. The molecule has 224 valence electrons. The topological polar surface area (TPSA) is 53.1 Å². The van der Waals surface area contributed by atoms with Crippen LogP contribution < -0.4 is 14.5 Å². The van der Waals surface area contributed by atoms with Crippen LogP contribution in [0.25, 0.3) is 0 Å². The van der Waals surface area contributed by atoms with Gasteiger partial charge in [-0.3, -0.25) is 14.5 Å². The van der Waals surface area contributed by atoms with Gasteiger partial charge in [0.25, 0.3) is 0 Å². The zero-order chi connectivity index (χ0) is 29.7. The number of piperazine rings is 1. The Hall–Kier alpha value is -2.28. The van der Waals surface area contributed by atoms with Crippen molar-refractivity contribution in [1.82, 2.24) is 4.90 Å². The minimum absolute atomic E-state index is 0.109. The van der Waals surface area contributed by atoms with E-state index in [2.05, 4.69) is 37.5 Å². The number of aryl methyl sites for hydroxylation is 1. The van der Waals surface area contributed by atoms with Gasteiger partial charge in [0.05, 0.1) is 28.0 Å². The van der Waals surface area contributed by atoms with Crippen molar-refractivity contribution in [2.45, 2.75) is 66.7 Å². The fourth-order valence-electron chi connectivity index (χ4n) is 5.95. The smallest absolute Gasteiger partial charge is 0.236 e. The Labute approximate surface area is 255 Å². The van der Waals surface area contributed by atoms with E-state index in [-0.39, 0.29) is 29.1 Å². The van der Waals surface area contributed by atoms with Crippen LogP contribution in [-0.2, 0) is 16.0 Å². The third-order valence-electron chi connectivity index (χ3n) is 8.33. The van der Waals surface area contributed by atoms with Crippen LogP contribution in [0.4, 0.5) is 11.4 Å². The predicted octanol–water partition coefficient (Wildman–Crippen LogP) is 7.49. The van der Waals surface area contributed by atoms with Crippen molar-refractivity contribution in [2.24, 2.45) is 17.3 Å². The summed E-state index contributed by atoms with van der Waals surface area (Å²) < 4.78 is 6.09. The summed E-state index contributed by atoms with van der Waals surface area (Å²) in [4.78, 5) is 32.7. The number of benzene rings is 2. The Bertz CT molecular complexity index is 1220. The molecule has 8 heteroatoms. The Kier molecular flexibility index (Phi) is 10.6. The van der Waals surface area contributed by atoms with Crippen LogP contribution in [0.3, 0.4) is 0 Å². The van der Waals surface area contributed by atoms with Gasteiger partial charge in [-0.1, -0.05) is 70.0 Å². The average Bonchev–Trinajstić information content (AvgIpc) is 2.93. The predicted molar refractivity (Wildman–Crippen MR) is 169 cm³/mol. The zero-order valence-corrected chi connectivity index (χ0v) is 26.7. The summed E-state index contributed by atoms with van der Waals surface area (Å²) in [5.74, 6) is 0.421. The van der Waals surface area contributed by atoms with Crippen LogP contribution >= 0.6 is 23.2 Å². The molecule has 2 aliphatic heterocycles. The molecular weight excluding hydrogens is 557 g/mol. The number of halogens is 2. The molecule has 0 aromatic heterocycles. The maximum atomic E-state index is 13.5. The second-order valence-electron chi connectivity index (χ2n) is 12.8. The first-order chi connectivity index (χ1) is 19.4. The lowest BCUT2D eigenvalue weighted by Gasteiger charge is -2.36. The second kappa shape index (κ2) is 13.8. The highest BCUT2D eigenvalue weighted by atomic mass is 35.5. The fourth-order valence-corrected chi connectivity index (χ4v) is 6.36. The number of fused-ring (bicyclic) bond motifs is 1. The van der Waals surface area contributed by atoms with E-state index in [1.54, 1.807) is 0 Å². The highest BCUT2D eigenvalue weighted by Crippen LogP contribution is 2.36. The highest BCUT2D eigenvalue weighted by Gasteiger charge is 2.35. The van der Waals surface area contributed by atoms with Crippen molar-refractivity contribution in [1.29, 1.82) is 0 Å². The summed E-state index contributed by atoms with van der Waals surface area (Å²) in [6, 6.07) is 11.6. The lowest BCUT2D eigenvalue weighted by atomic mass is 9.79. The quantitative estimate of drug-likeness (QED) is 0.264. The Balaban J connectivity index is 1.26. The molecule has 1 saturated heterocycles. The van der Waals surface area contributed by atoms with Gasteiger partial charge in [-0.2, -0.15) is 0 Å². The number of imide groups is 1. The zero-order valence-electron chi connectivity index (χ0n) is 25.2. The lowest BCUT2D eigenvalue weighted by Crippen LogP contribution is -2.46. The normalized spacial score (nSPS) is 17.8. The number of unbranched alkanes of at least 4 members (excludes halogenated alkanes) is 1. The van der Waals surface area contributed by atoms with Crippen molar-refractivity contribution in [3.05, 3.63) is 52.0 Å². The molecule has 2 atom stereocenters. The van der Waals surface area contributed by atoms with E-state index in [4.69, 9.17) is 27.9 Å². The molecule has 2 aliphatic rings. The molecule has 0 spiro atoms. The van der Waals surface area contributed by atoms with Crippen LogP contribution in [-0.4, -0.2) is 56.0 Å². The van der Waals surface area contributed by atoms with E-state index >= 15 is 0 Å². The van der Waals surface area contributed by atoms with Gasteiger partial charge in [-0.05, 0) is 67.3 Å². The molecule has 41 heavy (non-hydrogen) atoms. The molecule has 2 aromatic rings. The van der Waals surface area contributed by atoms with Crippen molar-refractivity contribution in [3.63, 3.8) is 0 Å². The third kappa shape index (κ3) is 8.18. The molecule has 1 fully saturated rings. The van der Waals surface area contributed by atoms with E-state index in [9.17, 15) is 9.59 Å².